The zero-order valence-electron chi connectivity index (χ0n) is 20.7. The molecule has 1 aromatic heterocycles. The zero-order valence-corrected chi connectivity index (χ0v) is 22.2. The molecule has 0 atom stereocenters. The van der Waals surface area contributed by atoms with Gasteiger partial charge in [0.2, 0.25) is 0 Å². The van der Waals surface area contributed by atoms with E-state index in [0.717, 1.165) is 36.1 Å². The summed E-state index contributed by atoms with van der Waals surface area (Å²) in [7, 11) is 0. The summed E-state index contributed by atoms with van der Waals surface area (Å²) in [5.41, 5.74) is 4.33. The number of aromatic hydroxyl groups is 1. The van der Waals surface area contributed by atoms with Crippen LogP contribution >= 0.6 is 23.2 Å². The maximum Gasteiger partial charge on any atom is 0.342 e. The number of halogens is 2. The van der Waals surface area contributed by atoms with Gasteiger partial charge in [-0.2, -0.15) is 9.78 Å². The molecule has 0 spiro atoms. The molecule has 0 aliphatic heterocycles. The number of hydrogen-bond donors (Lipinski definition) is 3. The number of rotatable bonds is 6. The molecule has 5 rings (SSSR count). The number of aryl methyl sites for hydroxylation is 1. The van der Waals surface area contributed by atoms with Gasteiger partial charge in [0.15, 0.2) is 0 Å². The van der Waals surface area contributed by atoms with E-state index in [4.69, 9.17) is 23.2 Å². The number of nitrogens with one attached hydrogen (secondary N) is 2. The Balaban J connectivity index is 1.41. The van der Waals surface area contributed by atoms with Crippen LogP contribution in [-0.2, 0) is 6.54 Å². The highest BCUT2D eigenvalue weighted by molar-refractivity contribution is 6.40. The lowest BCUT2D eigenvalue weighted by atomic mass is 9.82. The van der Waals surface area contributed by atoms with Gasteiger partial charge in [-0.15, -0.1) is 0 Å². The molecule has 0 unspecified atom stereocenters. The highest BCUT2D eigenvalue weighted by Crippen LogP contribution is 2.39. The molecule has 3 aromatic carbocycles. The Morgan fingerprint density at radius 1 is 1.03 bits per heavy atom. The highest BCUT2D eigenvalue weighted by atomic mass is 35.5. The number of carbonyl (C=O) groups is 2. The molecule has 194 valence electrons. The molecule has 1 aliphatic rings. The maximum absolute atomic E-state index is 13.2. The Hall–Kier alpha value is -3.81. The molecule has 3 N–H and O–H groups in total. The van der Waals surface area contributed by atoms with Crippen molar-refractivity contribution in [1.82, 2.24) is 15.1 Å². The van der Waals surface area contributed by atoms with Crippen molar-refractivity contribution >= 4 is 40.8 Å². The van der Waals surface area contributed by atoms with Crippen LogP contribution in [0.25, 0.3) is 11.3 Å². The fourth-order valence-electron chi connectivity index (χ4n) is 4.37. The molecule has 1 heterocycles. The number of hydrogen-bond acceptors (Lipinski definition) is 4. The molecular formula is C29H26Cl2N4O3. The third-order valence-electron chi connectivity index (χ3n) is 6.74. The highest BCUT2D eigenvalue weighted by Gasteiger charge is 2.28. The molecule has 2 amide bonds. The molecule has 0 radical (unpaired) electrons. The Labute approximate surface area is 230 Å². The second-order valence-corrected chi connectivity index (χ2v) is 10.2. The van der Waals surface area contributed by atoms with Gasteiger partial charge in [0, 0.05) is 23.7 Å². The summed E-state index contributed by atoms with van der Waals surface area (Å²) in [4.78, 5) is 26.0. The number of amides is 2. The van der Waals surface area contributed by atoms with Crippen LogP contribution in [0.4, 0.5) is 10.5 Å². The monoisotopic (exact) mass is 548 g/mol. The van der Waals surface area contributed by atoms with Crippen molar-refractivity contribution < 1.29 is 14.7 Å². The van der Waals surface area contributed by atoms with Crippen molar-refractivity contribution in [2.24, 2.45) is 0 Å². The van der Waals surface area contributed by atoms with Crippen LogP contribution in [0.15, 0.2) is 66.7 Å². The molecule has 1 aliphatic carbocycles. The molecule has 1 fully saturated rings. The van der Waals surface area contributed by atoms with E-state index in [9.17, 15) is 14.7 Å². The zero-order chi connectivity index (χ0) is 26.8. The first-order valence-corrected chi connectivity index (χ1v) is 13.1. The van der Waals surface area contributed by atoms with Crippen molar-refractivity contribution in [2.45, 2.75) is 38.6 Å². The van der Waals surface area contributed by atoms with Crippen LogP contribution in [0, 0.1) is 6.92 Å². The Morgan fingerprint density at radius 3 is 2.39 bits per heavy atom. The summed E-state index contributed by atoms with van der Waals surface area (Å²) < 4.78 is 1.39. The molecule has 0 saturated heterocycles. The van der Waals surface area contributed by atoms with Crippen LogP contribution < -0.4 is 10.6 Å². The van der Waals surface area contributed by atoms with E-state index >= 15 is 0 Å². The lowest BCUT2D eigenvalue weighted by Crippen LogP contribution is -2.31. The summed E-state index contributed by atoms with van der Waals surface area (Å²) in [6.45, 7) is 2.39. The van der Waals surface area contributed by atoms with Crippen LogP contribution in [0.3, 0.4) is 0 Å². The average molecular weight is 549 g/mol. The average Bonchev–Trinajstić information content (AvgIpc) is 3.28. The minimum Gasteiger partial charge on any atom is -0.507 e. The second-order valence-electron chi connectivity index (χ2n) is 9.42. The van der Waals surface area contributed by atoms with Crippen molar-refractivity contribution in [3.63, 3.8) is 0 Å². The molecule has 4 aromatic rings. The summed E-state index contributed by atoms with van der Waals surface area (Å²) in [6.07, 6.45) is 3.03. The predicted molar refractivity (Wildman–Crippen MR) is 149 cm³/mol. The van der Waals surface area contributed by atoms with Gasteiger partial charge in [0.25, 0.3) is 5.91 Å². The van der Waals surface area contributed by atoms with Gasteiger partial charge in [0.05, 0.1) is 27.0 Å². The number of anilines is 1. The minimum absolute atomic E-state index is 0.0244. The summed E-state index contributed by atoms with van der Waals surface area (Å²) in [5.74, 6) is -0.286. The third kappa shape index (κ3) is 5.39. The number of benzene rings is 3. The molecule has 1 saturated carbocycles. The summed E-state index contributed by atoms with van der Waals surface area (Å²) >= 11 is 12.4. The van der Waals surface area contributed by atoms with Gasteiger partial charge in [-0.25, -0.2) is 4.79 Å². The number of carbonyl (C=O) groups excluding carboxylic acids is 2. The van der Waals surface area contributed by atoms with E-state index in [2.05, 4.69) is 15.7 Å². The first-order valence-electron chi connectivity index (χ1n) is 12.3. The van der Waals surface area contributed by atoms with E-state index < -0.39 is 5.91 Å². The van der Waals surface area contributed by atoms with Crippen molar-refractivity contribution in [2.75, 3.05) is 5.32 Å². The normalized spacial score (nSPS) is 13.1. The fourth-order valence-corrected chi connectivity index (χ4v) is 4.94. The lowest BCUT2D eigenvalue weighted by Gasteiger charge is -2.25. The minimum atomic E-state index is -0.478. The van der Waals surface area contributed by atoms with Crippen LogP contribution in [0.1, 0.15) is 52.4 Å². The van der Waals surface area contributed by atoms with E-state index in [0.29, 0.717) is 23.5 Å². The van der Waals surface area contributed by atoms with Gasteiger partial charge in [-0.3, -0.25) is 4.79 Å². The van der Waals surface area contributed by atoms with Gasteiger partial charge < -0.3 is 15.7 Å². The number of phenols is 1. The fraction of sp³-hybridized carbons (Fsp3) is 0.207. The van der Waals surface area contributed by atoms with Crippen molar-refractivity contribution in [3.8, 4) is 17.0 Å². The van der Waals surface area contributed by atoms with Gasteiger partial charge in [-0.05, 0) is 61.7 Å². The number of phenolic OH excluding ortho intramolecular Hbond substituents is 1. The smallest absolute Gasteiger partial charge is 0.342 e. The first-order chi connectivity index (χ1) is 18.3. The first kappa shape index (κ1) is 25.8. The molecule has 9 heteroatoms. The molecule has 7 nitrogen and oxygen atoms in total. The summed E-state index contributed by atoms with van der Waals surface area (Å²) in [6, 6.07) is 18.9. The van der Waals surface area contributed by atoms with Crippen LogP contribution in [0.2, 0.25) is 10.0 Å². The quantitative estimate of drug-likeness (QED) is 0.223. The topological polar surface area (TPSA) is 96.3 Å². The van der Waals surface area contributed by atoms with Crippen LogP contribution in [0.5, 0.6) is 5.75 Å². The predicted octanol–water partition coefficient (Wildman–Crippen LogP) is 7.15. The van der Waals surface area contributed by atoms with Crippen molar-refractivity contribution in [3.05, 3.63) is 99.2 Å². The summed E-state index contributed by atoms with van der Waals surface area (Å²) in [5, 5.41) is 21.4. The Bertz CT molecular complexity index is 1490. The third-order valence-corrected chi connectivity index (χ3v) is 7.37. The van der Waals surface area contributed by atoms with Gasteiger partial charge in [-0.1, -0.05) is 65.5 Å². The largest absolute Gasteiger partial charge is 0.507 e. The molecule has 38 heavy (non-hydrogen) atoms. The lowest BCUT2D eigenvalue weighted by molar-refractivity contribution is 0.102. The number of aromatic nitrogens is 2. The van der Waals surface area contributed by atoms with Gasteiger partial charge in [0.1, 0.15) is 5.75 Å². The van der Waals surface area contributed by atoms with Crippen LogP contribution in [-0.4, -0.2) is 26.8 Å². The Morgan fingerprint density at radius 2 is 1.74 bits per heavy atom. The number of nitrogens with zero attached hydrogens (tertiary/aromatic N) is 2. The SMILES string of the molecule is Cc1ccc(CNC(=O)n2nc(-c3cc(NC(=O)c4c(Cl)cccc4Cl)ccc3O)cc2C2CCC2)cc1. The molecule has 0 bridgehead atoms. The van der Waals surface area contributed by atoms with E-state index in [-0.39, 0.29) is 33.3 Å². The van der Waals surface area contributed by atoms with E-state index in [1.807, 2.05) is 37.3 Å². The van der Waals surface area contributed by atoms with E-state index in [1.54, 1.807) is 30.3 Å². The second kappa shape index (κ2) is 10.9. The Kier molecular flexibility index (Phi) is 7.40. The standard InChI is InChI=1S/C29H26Cl2N4O3/c1-17-8-10-18(11-9-17)16-32-29(38)35-25(19-4-2-5-19)15-24(34-35)21-14-20(12-13-26(21)36)33-28(37)27-22(30)6-3-7-23(27)31/h3,6-15,19,36H,2,4-5,16H2,1H3,(H,32,38)(H,33,37). The molecular weight excluding hydrogens is 523 g/mol. The van der Waals surface area contributed by atoms with E-state index in [1.165, 1.54) is 10.7 Å². The van der Waals surface area contributed by atoms with Crippen molar-refractivity contribution in [1.29, 1.82) is 0 Å². The van der Waals surface area contributed by atoms with Gasteiger partial charge >= 0.3 is 6.03 Å². The maximum atomic E-state index is 13.2.